The molecule has 0 spiro atoms. The summed E-state index contributed by atoms with van der Waals surface area (Å²) in [5.74, 6) is 0. The van der Waals surface area contributed by atoms with Crippen molar-refractivity contribution in [2.75, 3.05) is 39.5 Å². The van der Waals surface area contributed by atoms with Gasteiger partial charge < -0.3 is 15.3 Å². The first-order valence-corrected chi connectivity index (χ1v) is 3.40. The fourth-order valence-corrected chi connectivity index (χ4v) is 0.760. The van der Waals surface area contributed by atoms with Crippen LogP contribution in [0.15, 0.2) is 0 Å². The van der Waals surface area contributed by atoms with Crippen molar-refractivity contribution in [3.63, 3.8) is 0 Å². The predicted molar refractivity (Wildman–Crippen MR) is 39.6 cm³/mol. The van der Waals surface area contributed by atoms with Gasteiger partial charge in [-0.2, -0.15) is 0 Å². The van der Waals surface area contributed by atoms with E-state index in [0.29, 0.717) is 19.6 Å². The molecule has 0 heterocycles. The number of hydrogen-bond donors (Lipinski definition) is 4. The number of aliphatic hydroxyl groups is 3. The first-order valence-electron chi connectivity index (χ1n) is 3.40. The number of hydrogen-bond acceptors (Lipinski definition) is 4. The molecular formula is C6H16NO4. The van der Waals surface area contributed by atoms with Crippen LogP contribution >= 0.6 is 0 Å². The summed E-state index contributed by atoms with van der Waals surface area (Å²) >= 11 is 0. The fourth-order valence-electron chi connectivity index (χ4n) is 0.760. The Bertz CT molecular complexity index is 57.3. The van der Waals surface area contributed by atoms with Gasteiger partial charge in [0, 0.05) is 19.6 Å². The molecule has 1 radical (unpaired) electrons. The molecule has 0 aromatic rings. The predicted octanol–water partition coefficient (Wildman–Crippen LogP) is -1.91. The van der Waals surface area contributed by atoms with Crippen LogP contribution < -0.4 is 0 Å². The normalized spacial score (nSPS) is 9.82. The Morgan fingerprint density at radius 3 is 1.18 bits per heavy atom. The second kappa shape index (κ2) is 9.80. The highest BCUT2D eigenvalue weighted by atomic mass is 16.3. The fraction of sp³-hybridized carbons (Fsp3) is 1.00. The van der Waals surface area contributed by atoms with Crippen LogP contribution in [0, 0.1) is 0 Å². The Hall–Kier alpha value is -0.200. The van der Waals surface area contributed by atoms with Gasteiger partial charge in [-0.15, -0.1) is 0 Å². The molecule has 5 nitrogen and oxygen atoms in total. The SMILES string of the molecule is OCCN(CCO)CCO.[OH]. The van der Waals surface area contributed by atoms with E-state index in [1.54, 1.807) is 4.90 Å². The molecule has 0 amide bonds. The van der Waals surface area contributed by atoms with Crippen molar-refractivity contribution in [2.45, 2.75) is 0 Å². The van der Waals surface area contributed by atoms with Crippen molar-refractivity contribution in [1.82, 2.24) is 4.90 Å². The standard InChI is InChI=1S/C6H15NO3.HO/c8-4-1-7(2-5-9)3-6-10;/h8-10H,1-6H2;1H. The van der Waals surface area contributed by atoms with Crippen molar-refractivity contribution in [3.8, 4) is 0 Å². The van der Waals surface area contributed by atoms with E-state index in [1.165, 1.54) is 0 Å². The summed E-state index contributed by atoms with van der Waals surface area (Å²) in [5.41, 5.74) is 0. The third-order valence-electron chi connectivity index (χ3n) is 1.25. The second-order valence-electron chi connectivity index (χ2n) is 2.01. The highest BCUT2D eigenvalue weighted by Gasteiger charge is 2.00. The molecule has 0 fully saturated rings. The van der Waals surface area contributed by atoms with Crippen molar-refractivity contribution in [1.29, 1.82) is 0 Å². The van der Waals surface area contributed by atoms with Crippen molar-refractivity contribution in [2.24, 2.45) is 0 Å². The van der Waals surface area contributed by atoms with Gasteiger partial charge in [0.1, 0.15) is 0 Å². The van der Waals surface area contributed by atoms with Crippen LogP contribution in [-0.4, -0.2) is 65.2 Å². The molecule has 5 heteroatoms. The van der Waals surface area contributed by atoms with E-state index in [1.807, 2.05) is 0 Å². The van der Waals surface area contributed by atoms with Gasteiger partial charge in [0.25, 0.3) is 0 Å². The average Bonchev–Trinajstić information content (AvgIpc) is 1.90. The molecule has 4 N–H and O–H groups in total. The molecule has 69 valence electrons. The maximum Gasteiger partial charge on any atom is 0.0558 e. The van der Waals surface area contributed by atoms with Crippen LogP contribution in [0.5, 0.6) is 0 Å². The van der Waals surface area contributed by atoms with Crippen LogP contribution in [0.2, 0.25) is 0 Å². The van der Waals surface area contributed by atoms with E-state index in [-0.39, 0.29) is 25.3 Å². The maximum atomic E-state index is 8.48. The van der Waals surface area contributed by atoms with Gasteiger partial charge in [-0.05, 0) is 0 Å². The minimum Gasteiger partial charge on any atom is -0.395 e. The number of aliphatic hydroxyl groups excluding tert-OH is 3. The lowest BCUT2D eigenvalue weighted by Gasteiger charge is -2.17. The Balaban J connectivity index is 0. The molecule has 0 aromatic heterocycles. The molecule has 11 heavy (non-hydrogen) atoms. The van der Waals surface area contributed by atoms with E-state index in [4.69, 9.17) is 15.3 Å². The summed E-state index contributed by atoms with van der Waals surface area (Å²) in [5, 5.41) is 25.5. The number of rotatable bonds is 6. The first kappa shape index (κ1) is 13.4. The topological polar surface area (TPSA) is 93.9 Å². The van der Waals surface area contributed by atoms with Crippen molar-refractivity contribution < 1.29 is 20.8 Å². The highest BCUT2D eigenvalue weighted by molar-refractivity contribution is 4.54. The van der Waals surface area contributed by atoms with E-state index in [2.05, 4.69) is 0 Å². The largest absolute Gasteiger partial charge is 0.395 e. The lowest BCUT2D eigenvalue weighted by molar-refractivity contribution is 0.136. The Kier molecular flexibility index (Phi) is 11.9. The maximum absolute atomic E-state index is 8.48. The van der Waals surface area contributed by atoms with Gasteiger partial charge >= 0.3 is 0 Å². The zero-order chi connectivity index (χ0) is 7.82. The molecule has 0 bridgehead atoms. The lowest BCUT2D eigenvalue weighted by Crippen LogP contribution is -2.32. The summed E-state index contributed by atoms with van der Waals surface area (Å²) in [6.07, 6.45) is 0. The minimum atomic E-state index is 0. The number of nitrogens with zero attached hydrogens (tertiary/aromatic N) is 1. The van der Waals surface area contributed by atoms with Crippen LogP contribution in [0.4, 0.5) is 0 Å². The summed E-state index contributed by atoms with van der Waals surface area (Å²) in [6, 6.07) is 0. The van der Waals surface area contributed by atoms with Crippen molar-refractivity contribution >= 4 is 0 Å². The summed E-state index contributed by atoms with van der Waals surface area (Å²) in [7, 11) is 0. The van der Waals surface area contributed by atoms with E-state index >= 15 is 0 Å². The Morgan fingerprint density at radius 2 is 1.00 bits per heavy atom. The molecule has 0 atom stereocenters. The molecule has 0 aliphatic rings. The van der Waals surface area contributed by atoms with E-state index in [9.17, 15) is 0 Å². The zero-order valence-corrected chi connectivity index (χ0v) is 6.48. The average molecular weight is 166 g/mol. The second-order valence-corrected chi connectivity index (χ2v) is 2.01. The van der Waals surface area contributed by atoms with Crippen molar-refractivity contribution in [3.05, 3.63) is 0 Å². The molecule has 0 aliphatic carbocycles. The van der Waals surface area contributed by atoms with Crippen LogP contribution in [-0.2, 0) is 0 Å². The van der Waals surface area contributed by atoms with Crippen LogP contribution in [0.25, 0.3) is 0 Å². The molecule has 0 saturated carbocycles. The Morgan fingerprint density at radius 1 is 0.727 bits per heavy atom. The van der Waals surface area contributed by atoms with Gasteiger partial charge in [-0.3, -0.25) is 10.4 Å². The third-order valence-corrected chi connectivity index (χ3v) is 1.25. The monoisotopic (exact) mass is 166 g/mol. The van der Waals surface area contributed by atoms with Crippen LogP contribution in [0.3, 0.4) is 0 Å². The van der Waals surface area contributed by atoms with Gasteiger partial charge in [-0.1, -0.05) is 0 Å². The Labute approximate surface area is 66.2 Å². The minimum absolute atomic E-state index is 0. The molecule has 0 aromatic carbocycles. The summed E-state index contributed by atoms with van der Waals surface area (Å²) < 4.78 is 0. The molecule has 0 rings (SSSR count). The smallest absolute Gasteiger partial charge is 0.0558 e. The third kappa shape index (κ3) is 7.70. The van der Waals surface area contributed by atoms with Gasteiger partial charge in [-0.25, -0.2) is 0 Å². The molecular weight excluding hydrogens is 150 g/mol. The van der Waals surface area contributed by atoms with Gasteiger partial charge in [0.15, 0.2) is 0 Å². The lowest BCUT2D eigenvalue weighted by atomic mass is 10.4. The molecule has 0 saturated heterocycles. The first-order chi connectivity index (χ1) is 4.85. The van der Waals surface area contributed by atoms with E-state index in [0.717, 1.165) is 0 Å². The summed E-state index contributed by atoms with van der Waals surface area (Å²) in [6.45, 7) is 1.75. The highest BCUT2D eigenvalue weighted by Crippen LogP contribution is 1.84. The zero-order valence-electron chi connectivity index (χ0n) is 6.48. The van der Waals surface area contributed by atoms with Gasteiger partial charge in [0.05, 0.1) is 19.8 Å². The van der Waals surface area contributed by atoms with E-state index < -0.39 is 0 Å². The van der Waals surface area contributed by atoms with Gasteiger partial charge in [0.2, 0.25) is 0 Å². The summed E-state index contributed by atoms with van der Waals surface area (Å²) in [4.78, 5) is 1.79. The molecule has 0 unspecified atom stereocenters. The quantitative estimate of drug-likeness (QED) is 0.370. The van der Waals surface area contributed by atoms with Crippen LogP contribution in [0.1, 0.15) is 0 Å². The molecule has 0 aliphatic heterocycles.